The molecule has 0 spiro atoms. The van der Waals surface area contributed by atoms with E-state index < -0.39 is 0 Å². The molecule has 0 saturated carbocycles. The van der Waals surface area contributed by atoms with Crippen molar-refractivity contribution in [2.75, 3.05) is 37.7 Å². The fourth-order valence-corrected chi connectivity index (χ4v) is 3.05. The Morgan fingerprint density at radius 3 is 2.19 bits per heavy atom. The highest BCUT2D eigenvalue weighted by molar-refractivity contribution is 5.78. The van der Waals surface area contributed by atoms with Crippen LogP contribution in [-0.2, 0) is 4.79 Å². The SMILES string of the molecule is O=C(COc1ccccc1)N1CCN(c2ccc(-n3cccc3)nn2)CC1. The summed E-state index contributed by atoms with van der Waals surface area (Å²) in [5.41, 5.74) is 0. The Morgan fingerprint density at radius 2 is 1.52 bits per heavy atom. The molecule has 27 heavy (non-hydrogen) atoms. The number of benzene rings is 1. The van der Waals surface area contributed by atoms with Crippen LogP contribution in [0.1, 0.15) is 0 Å². The molecule has 2 aromatic heterocycles. The van der Waals surface area contributed by atoms with E-state index in [0.29, 0.717) is 18.8 Å². The molecule has 1 amide bonds. The van der Waals surface area contributed by atoms with E-state index in [0.717, 1.165) is 24.7 Å². The van der Waals surface area contributed by atoms with Gasteiger partial charge in [0.15, 0.2) is 18.2 Å². The lowest BCUT2D eigenvalue weighted by Gasteiger charge is -2.35. The molecule has 1 fully saturated rings. The van der Waals surface area contributed by atoms with Crippen LogP contribution in [0.2, 0.25) is 0 Å². The third-order valence-corrected chi connectivity index (χ3v) is 4.57. The average molecular weight is 363 g/mol. The van der Waals surface area contributed by atoms with Crippen LogP contribution >= 0.6 is 0 Å². The molecule has 4 rings (SSSR count). The minimum absolute atomic E-state index is 0.00698. The van der Waals surface area contributed by atoms with E-state index in [4.69, 9.17) is 4.74 Å². The Hall–Kier alpha value is -3.35. The van der Waals surface area contributed by atoms with E-state index in [1.807, 2.05) is 76.5 Å². The number of hydrogen-bond donors (Lipinski definition) is 0. The fourth-order valence-electron chi connectivity index (χ4n) is 3.05. The quantitative estimate of drug-likeness (QED) is 0.694. The van der Waals surface area contributed by atoms with Gasteiger partial charge in [0, 0.05) is 38.6 Å². The summed E-state index contributed by atoms with van der Waals surface area (Å²) in [6.45, 7) is 2.83. The number of aromatic nitrogens is 3. The summed E-state index contributed by atoms with van der Waals surface area (Å²) in [5.74, 6) is 2.34. The van der Waals surface area contributed by atoms with Crippen molar-refractivity contribution in [1.82, 2.24) is 19.7 Å². The van der Waals surface area contributed by atoms with Crippen LogP contribution in [0, 0.1) is 0 Å². The lowest BCUT2D eigenvalue weighted by molar-refractivity contribution is -0.133. The van der Waals surface area contributed by atoms with Gasteiger partial charge in [-0.25, -0.2) is 0 Å². The summed E-state index contributed by atoms with van der Waals surface area (Å²) in [7, 11) is 0. The molecule has 7 heteroatoms. The molecule has 0 N–H and O–H groups in total. The number of ether oxygens (including phenoxy) is 1. The van der Waals surface area contributed by atoms with E-state index >= 15 is 0 Å². The lowest BCUT2D eigenvalue weighted by atomic mass is 10.3. The van der Waals surface area contributed by atoms with Gasteiger partial charge >= 0.3 is 0 Å². The van der Waals surface area contributed by atoms with E-state index in [1.165, 1.54) is 0 Å². The largest absolute Gasteiger partial charge is 0.484 e. The predicted octanol–water partition coefficient (Wildman–Crippen LogP) is 1.99. The summed E-state index contributed by atoms with van der Waals surface area (Å²) >= 11 is 0. The van der Waals surface area contributed by atoms with Gasteiger partial charge in [0.05, 0.1) is 0 Å². The number of para-hydroxylation sites is 1. The maximum Gasteiger partial charge on any atom is 0.260 e. The van der Waals surface area contributed by atoms with Gasteiger partial charge in [-0.1, -0.05) is 18.2 Å². The number of piperazine rings is 1. The van der Waals surface area contributed by atoms with Crippen molar-refractivity contribution in [1.29, 1.82) is 0 Å². The summed E-state index contributed by atoms with van der Waals surface area (Å²) in [5, 5.41) is 8.62. The lowest BCUT2D eigenvalue weighted by Crippen LogP contribution is -2.50. The van der Waals surface area contributed by atoms with Gasteiger partial charge < -0.3 is 19.1 Å². The summed E-state index contributed by atoms with van der Waals surface area (Å²) in [6, 6.07) is 17.2. The highest BCUT2D eigenvalue weighted by Gasteiger charge is 2.22. The normalized spacial score (nSPS) is 14.2. The first-order chi connectivity index (χ1) is 13.3. The van der Waals surface area contributed by atoms with E-state index in [-0.39, 0.29) is 12.5 Å². The number of nitrogens with zero attached hydrogens (tertiary/aromatic N) is 5. The maximum atomic E-state index is 12.3. The average Bonchev–Trinajstić information content (AvgIpc) is 3.28. The molecule has 0 bridgehead atoms. The molecule has 0 radical (unpaired) electrons. The third kappa shape index (κ3) is 4.08. The van der Waals surface area contributed by atoms with Crippen LogP contribution in [-0.4, -0.2) is 58.4 Å². The predicted molar refractivity (Wildman–Crippen MR) is 102 cm³/mol. The van der Waals surface area contributed by atoms with E-state index in [9.17, 15) is 4.79 Å². The van der Waals surface area contributed by atoms with Crippen LogP contribution in [0.4, 0.5) is 5.82 Å². The monoisotopic (exact) mass is 363 g/mol. The second-order valence-electron chi connectivity index (χ2n) is 6.31. The van der Waals surface area contributed by atoms with Gasteiger partial charge in [-0.2, -0.15) is 0 Å². The molecule has 3 heterocycles. The zero-order chi connectivity index (χ0) is 18.5. The number of amides is 1. The molecular weight excluding hydrogens is 342 g/mol. The Bertz CT molecular complexity index is 857. The number of anilines is 1. The number of rotatable bonds is 5. The Balaban J connectivity index is 1.29. The van der Waals surface area contributed by atoms with Crippen molar-refractivity contribution in [3.05, 3.63) is 67.0 Å². The zero-order valence-electron chi connectivity index (χ0n) is 14.9. The summed E-state index contributed by atoms with van der Waals surface area (Å²) in [6.07, 6.45) is 3.87. The molecule has 0 aliphatic carbocycles. The van der Waals surface area contributed by atoms with Crippen molar-refractivity contribution >= 4 is 11.7 Å². The molecule has 0 atom stereocenters. The van der Waals surface area contributed by atoms with Crippen molar-refractivity contribution in [3.63, 3.8) is 0 Å². The zero-order valence-corrected chi connectivity index (χ0v) is 14.9. The van der Waals surface area contributed by atoms with Gasteiger partial charge in [0.25, 0.3) is 5.91 Å². The van der Waals surface area contributed by atoms with E-state index in [2.05, 4.69) is 15.1 Å². The summed E-state index contributed by atoms with van der Waals surface area (Å²) < 4.78 is 7.47. The standard InChI is InChI=1S/C20H21N5O2/c26-20(16-27-17-6-2-1-3-7-17)25-14-12-24(13-15-25)19-9-8-18(21-22-19)23-10-4-5-11-23/h1-11H,12-16H2. The fraction of sp³-hybridized carbons (Fsp3) is 0.250. The first-order valence-electron chi connectivity index (χ1n) is 8.97. The Kier molecular flexibility index (Phi) is 5.00. The molecule has 138 valence electrons. The number of hydrogen-bond acceptors (Lipinski definition) is 5. The second-order valence-corrected chi connectivity index (χ2v) is 6.31. The smallest absolute Gasteiger partial charge is 0.260 e. The van der Waals surface area contributed by atoms with Crippen molar-refractivity contribution in [2.24, 2.45) is 0 Å². The van der Waals surface area contributed by atoms with Crippen LogP contribution < -0.4 is 9.64 Å². The van der Waals surface area contributed by atoms with E-state index in [1.54, 1.807) is 0 Å². The van der Waals surface area contributed by atoms with Crippen molar-refractivity contribution in [3.8, 4) is 11.6 Å². The molecule has 3 aromatic rings. The third-order valence-electron chi connectivity index (χ3n) is 4.57. The number of carbonyl (C=O) groups is 1. The second kappa shape index (κ2) is 7.90. The minimum Gasteiger partial charge on any atom is -0.484 e. The van der Waals surface area contributed by atoms with Gasteiger partial charge in [-0.15, -0.1) is 10.2 Å². The van der Waals surface area contributed by atoms with Gasteiger partial charge in [0.2, 0.25) is 0 Å². The molecular formula is C20H21N5O2. The molecule has 1 aliphatic rings. The molecule has 1 aliphatic heterocycles. The Morgan fingerprint density at radius 1 is 0.852 bits per heavy atom. The highest BCUT2D eigenvalue weighted by Crippen LogP contribution is 2.15. The molecule has 7 nitrogen and oxygen atoms in total. The molecule has 1 saturated heterocycles. The first kappa shape index (κ1) is 17.1. The first-order valence-corrected chi connectivity index (χ1v) is 8.97. The van der Waals surface area contributed by atoms with Gasteiger partial charge in [0.1, 0.15) is 5.75 Å². The molecule has 0 unspecified atom stereocenters. The Labute approximate surface area is 157 Å². The minimum atomic E-state index is 0.00698. The maximum absolute atomic E-state index is 12.3. The van der Waals surface area contributed by atoms with Crippen LogP contribution in [0.25, 0.3) is 5.82 Å². The highest BCUT2D eigenvalue weighted by atomic mass is 16.5. The van der Waals surface area contributed by atoms with Crippen molar-refractivity contribution < 1.29 is 9.53 Å². The topological polar surface area (TPSA) is 63.5 Å². The number of carbonyl (C=O) groups excluding carboxylic acids is 1. The van der Waals surface area contributed by atoms with Gasteiger partial charge in [-0.3, -0.25) is 4.79 Å². The van der Waals surface area contributed by atoms with Crippen LogP contribution in [0.15, 0.2) is 67.0 Å². The van der Waals surface area contributed by atoms with Crippen LogP contribution in [0.5, 0.6) is 5.75 Å². The van der Waals surface area contributed by atoms with Crippen LogP contribution in [0.3, 0.4) is 0 Å². The molecule has 1 aromatic carbocycles. The van der Waals surface area contributed by atoms with Crippen molar-refractivity contribution in [2.45, 2.75) is 0 Å². The van der Waals surface area contributed by atoms with Gasteiger partial charge in [-0.05, 0) is 36.4 Å². The summed E-state index contributed by atoms with van der Waals surface area (Å²) in [4.78, 5) is 16.3.